The molecule has 0 atom stereocenters. The minimum absolute atomic E-state index is 0. The summed E-state index contributed by atoms with van der Waals surface area (Å²) in [5.74, 6) is 0. The molecule has 6 nitrogen and oxygen atoms in total. The van der Waals surface area contributed by atoms with E-state index >= 15 is 0 Å². The molecule has 2 N–H and O–H groups in total. The van der Waals surface area contributed by atoms with Crippen molar-refractivity contribution >= 4 is 70.0 Å². The number of hydrogen-bond acceptors (Lipinski definition) is 4. The van der Waals surface area contributed by atoms with E-state index in [4.69, 9.17) is 0 Å². The third kappa shape index (κ3) is 2.83. The van der Waals surface area contributed by atoms with E-state index in [9.17, 15) is 25.9 Å². The third-order valence-electron chi connectivity index (χ3n) is 4.56. The van der Waals surface area contributed by atoms with E-state index in [1.165, 1.54) is 72.8 Å². The fraction of sp³-hybridized carbons (Fsp3) is 0. The van der Waals surface area contributed by atoms with Crippen LogP contribution in [0.15, 0.2) is 91.0 Å². The summed E-state index contributed by atoms with van der Waals surface area (Å²) in [6, 6.07) is 21.2. The van der Waals surface area contributed by atoms with Gasteiger partial charge in [0.2, 0.25) is 0 Å². The normalized spacial score (nSPS) is 13.7. The molecule has 0 saturated carbocycles. The van der Waals surface area contributed by atoms with Crippen LogP contribution in [-0.2, 0) is 19.5 Å². The van der Waals surface area contributed by atoms with Crippen LogP contribution >= 0.6 is 5.01 Å². The third-order valence-corrected chi connectivity index (χ3v) is 22.5. The zero-order valence-corrected chi connectivity index (χ0v) is 16.5. The minimum atomic E-state index is -5.85. The maximum atomic E-state index is 13.1. The van der Waals surface area contributed by atoms with Crippen molar-refractivity contribution in [1.82, 2.24) is 0 Å². The zero-order chi connectivity index (χ0) is 19.8. The molecule has 3 aromatic carbocycles. The summed E-state index contributed by atoms with van der Waals surface area (Å²) in [7, 11) is -10.8. The number of hydrogen-bond donors (Lipinski definition) is 2. The standard InChI is InChI=1S/C18H17O6PS2.Na.H/c19-26(20,21)25(27(22,23)24,16-10-4-1-5-11-16,17-12-6-2-7-13-17)18-14-8-3-9-15-18;;/h1-15H,(H,19,20,21)(H,22,23,24);;. The molecule has 0 heterocycles. The van der Waals surface area contributed by atoms with Crippen LogP contribution in [-0.4, -0.2) is 55.5 Å². The van der Waals surface area contributed by atoms with Gasteiger partial charge in [-0.1, -0.05) is 0 Å². The molecule has 0 bridgehead atoms. The average molecular weight is 448 g/mol. The van der Waals surface area contributed by atoms with E-state index in [1.54, 1.807) is 18.2 Å². The van der Waals surface area contributed by atoms with Crippen molar-refractivity contribution in [3.8, 4) is 0 Å². The molecule has 0 aliphatic rings. The van der Waals surface area contributed by atoms with Crippen LogP contribution in [0.2, 0.25) is 0 Å². The van der Waals surface area contributed by atoms with Crippen molar-refractivity contribution in [2.45, 2.75) is 0 Å². The Kier molecular flexibility index (Phi) is 6.60. The van der Waals surface area contributed by atoms with E-state index in [2.05, 4.69) is 0 Å². The summed E-state index contributed by atoms with van der Waals surface area (Å²) in [6.45, 7) is 0. The Bertz CT molecular complexity index is 1030. The molecule has 3 aromatic rings. The molecule has 0 radical (unpaired) electrons. The first kappa shape index (κ1) is 23.2. The van der Waals surface area contributed by atoms with Crippen molar-refractivity contribution in [3.05, 3.63) is 91.0 Å². The van der Waals surface area contributed by atoms with E-state index in [0.29, 0.717) is 0 Å². The van der Waals surface area contributed by atoms with Gasteiger partial charge in [-0.25, -0.2) is 0 Å². The van der Waals surface area contributed by atoms with Crippen LogP contribution in [0.3, 0.4) is 0 Å². The fourth-order valence-electron chi connectivity index (χ4n) is 3.46. The quantitative estimate of drug-likeness (QED) is 0.348. The molecule has 0 spiro atoms. The Hall–Kier alpha value is -1.09. The molecule has 3 rings (SSSR count). The van der Waals surface area contributed by atoms with Crippen LogP contribution in [0, 0.1) is 0 Å². The van der Waals surface area contributed by atoms with Gasteiger partial charge in [-0.05, 0) is 0 Å². The second-order valence-electron chi connectivity index (χ2n) is 5.86. The zero-order valence-electron chi connectivity index (χ0n) is 14.0. The molecule has 0 saturated heterocycles. The van der Waals surface area contributed by atoms with Crippen LogP contribution < -0.4 is 15.9 Å². The number of rotatable bonds is 5. The molecular weight excluding hydrogens is 430 g/mol. The molecule has 0 fully saturated rings. The molecule has 0 unspecified atom stereocenters. The summed E-state index contributed by atoms with van der Waals surface area (Å²) in [6.07, 6.45) is 0. The molecule has 0 aliphatic carbocycles. The van der Waals surface area contributed by atoms with Gasteiger partial charge < -0.3 is 0 Å². The Morgan fingerprint density at radius 2 is 0.714 bits per heavy atom. The first-order valence-corrected chi connectivity index (χ1v) is 14.1. The maximum absolute atomic E-state index is 13.1. The number of benzene rings is 3. The van der Waals surface area contributed by atoms with Gasteiger partial charge in [0.1, 0.15) is 0 Å². The van der Waals surface area contributed by atoms with Crippen LogP contribution in [0.25, 0.3) is 0 Å². The van der Waals surface area contributed by atoms with Gasteiger partial charge in [0.15, 0.2) is 0 Å². The summed E-state index contributed by atoms with van der Waals surface area (Å²) >= 11 is 0. The van der Waals surface area contributed by atoms with Crippen molar-refractivity contribution in [2.75, 3.05) is 0 Å². The SMILES string of the molecule is O=S(=O)(O)P(c1ccccc1)(c1ccccc1)(c1ccccc1)S(=O)(=O)O.[NaH]. The van der Waals surface area contributed by atoms with Gasteiger partial charge in [0.25, 0.3) is 0 Å². The molecule has 28 heavy (non-hydrogen) atoms. The Morgan fingerprint density at radius 3 is 0.893 bits per heavy atom. The van der Waals surface area contributed by atoms with Crippen LogP contribution in [0.4, 0.5) is 0 Å². The molecule has 0 aromatic heterocycles. The summed E-state index contributed by atoms with van der Waals surface area (Å²) in [5, 5.41) is -6.46. The molecule has 0 amide bonds. The molecule has 144 valence electrons. The van der Waals surface area contributed by atoms with Crippen molar-refractivity contribution < 1.29 is 25.9 Å². The summed E-state index contributed by atoms with van der Waals surface area (Å²) in [4.78, 5) is 0. The van der Waals surface area contributed by atoms with Crippen LogP contribution in [0.1, 0.15) is 0 Å². The van der Waals surface area contributed by atoms with Gasteiger partial charge in [-0.3, -0.25) is 0 Å². The van der Waals surface area contributed by atoms with Crippen molar-refractivity contribution in [2.24, 2.45) is 0 Å². The van der Waals surface area contributed by atoms with E-state index in [0.717, 1.165) is 0 Å². The first-order chi connectivity index (χ1) is 12.7. The van der Waals surface area contributed by atoms with Gasteiger partial charge in [0, 0.05) is 0 Å². The summed E-state index contributed by atoms with van der Waals surface area (Å²) < 4.78 is 73.5. The van der Waals surface area contributed by atoms with E-state index in [-0.39, 0.29) is 45.5 Å². The Balaban J connectivity index is 0.00000280. The molecular formula is C18H18NaO6PS2. The van der Waals surface area contributed by atoms with Gasteiger partial charge in [-0.2, -0.15) is 0 Å². The first-order valence-electron chi connectivity index (χ1n) is 7.80. The predicted octanol–water partition coefficient (Wildman–Crippen LogP) is 1.47. The molecule has 0 aliphatic heterocycles. The van der Waals surface area contributed by atoms with E-state index < -0.39 is 24.5 Å². The fourth-order valence-corrected chi connectivity index (χ4v) is 18.2. The second kappa shape index (κ2) is 7.97. The molecule has 10 heteroatoms. The topological polar surface area (TPSA) is 109 Å². The monoisotopic (exact) mass is 448 g/mol. The van der Waals surface area contributed by atoms with Crippen molar-refractivity contribution in [1.29, 1.82) is 0 Å². The Morgan fingerprint density at radius 1 is 0.500 bits per heavy atom. The van der Waals surface area contributed by atoms with Crippen molar-refractivity contribution in [3.63, 3.8) is 0 Å². The van der Waals surface area contributed by atoms with Gasteiger partial charge in [0.05, 0.1) is 0 Å². The second-order valence-corrected chi connectivity index (χ2v) is 19.0. The summed E-state index contributed by atoms with van der Waals surface area (Å²) in [5.41, 5.74) is 0. The van der Waals surface area contributed by atoms with Gasteiger partial charge >= 0.3 is 187 Å². The van der Waals surface area contributed by atoms with Crippen LogP contribution in [0.5, 0.6) is 0 Å². The average Bonchev–Trinajstić information content (AvgIpc) is 2.63. The van der Waals surface area contributed by atoms with Gasteiger partial charge in [-0.15, -0.1) is 0 Å². The predicted molar refractivity (Wildman–Crippen MR) is 115 cm³/mol. The van der Waals surface area contributed by atoms with E-state index in [1.807, 2.05) is 0 Å². The Labute approximate surface area is 185 Å².